The molecule has 0 aliphatic rings. The minimum absolute atomic E-state index is 0.0618. The second-order valence-corrected chi connectivity index (χ2v) is 10.4. The van der Waals surface area contributed by atoms with Crippen molar-refractivity contribution in [3.63, 3.8) is 0 Å². The molecule has 206 valence electrons. The highest BCUT2D eigenvalue weighted by Crippen LogP contribution is 2.25. The summed E-state index contributed by atoms with van der Waals surface area (Å²) < 4.78 is 11.4. The number of rotatable bonds is 10. The maximum atomic E-state index is 14.1. The second kappa shape index (κ2) is 11.7. The van der Waals surface area contributed by atoms with Crippen LogP contribution in [0, 0.1) is 0 Å². The molecule has 3 aromatic carbocycles. The lowest BCUT2D eigenvalue weighted by molar-refractivity contribution is -0.129. The molecule has 0 aliphatic heterocycles. The fraction of sp³-hybridized carbons (Fsp3) is 0.250. The number of aromatic nitrogens is 1. The first-order valence-corrected chi connectivity index (χ1v) is 13.3. The predicted molar refractivity (Wildman–Crippen MR) is 156 cm³/mol. The monoisotopic (exact) mass is 538 g/mol. The van der Waals surface area contributed by atoms with E-state index in [1.165, 1.54) is 0 Å². The SMILES string of the molecule is C[C@H](NC(=O)[C@@](Cc1c[nH]c2ccccc12)(CN(C)C)NC(=O)OCc1cc2ccccc2o1)c1ccccc1. The van der Waals surface area contributed by atoms with Gasteiger partial charge in [0.25, 0.3) is 0 Å². The third-order valence-corrected chi connectivity index (χ3v) is 7.00. The molecule has 5 rings (SSSR count). The molecule has 3 N–H and O–H groups in total. The molecule has 0 saturated heterocycles. The van der Waals surface area contributed by atoms with Crippen LogP contribution in [0.15, 0.2) is 95.5 Å². The van der Waals surface area contributed by atoms with E-state index in [1.807, 2.05) is 117 Å². The number of fused-ring (bicyclic) bond motifs is 2. The fourth-order valence-corrected chi connectivity index (χ4v) is 5.13. The zero-order valence-electron chi connectivity index (χ0n) is 22.9. The largest absolute Gasteiger partial charge is 0.457 e. The molecule has 0 fully saturated rings. The Morgan fingerprint density at radius 3 is 2.50 bits per heavy atom. The Morgan fingerprint density at radius 2 is 1.73 bits per heavy atom. The molecule has 8 heteroatoms. The van der Waals surface area contributed by atoms with E-state index in [0.29, 0.717) is 5.76 Å². The van der Waals surface area contributed by atoms with Crippen LogP contribution in [0.4, 0.5) is 4.79 Å². The Morgan fingerprint density at radius 1 is 1.00 bits per heavy atom. The summed E-state index contributed by atoms with van der Waals surface area (Å²) in [5.74, 6) is 0.219. The molecule has 0 saturated carbocycles. The number of nitrogens with one attached hydrogen (secondary N) is 3. The molecule has 40 heavy (non-hydrogen) atoms. The number of carbonyl (C=O) groups is 2. The van der Waals surface area contributed by atoms with Gasteiger partial charge < -0.3 is 29.7 Å². The zero-order chi connectivity index (χ0) is 28.1. The van der Waals surface area contributed by atoms with Gasteiger partial charge in [0.05, 0.1) is 6.04 Å². The summed E-state index contributed by atoms with van der Waals surface area (Å²) >= 11 is 0. The van der Waals surface area contributed by atoms with Crippen molar-refractivity contribution in [1.82, 2.24) is 20.5 Å². The summed E-state index contributed by atoms with van der Waals surface area (Å²) in [6, 6.07) is 26.8. The molecule has 2 atom stereocenters. The summed E-state index contributed by atoms with van der Waals surface area (Å²) in [5.41, 5.74) is 2.23. The number of alkyl carbamates (subject to hydrolysis) is 1. The number of ether oxygens (including phenoxy) is 1. The van der Waals surface area contributed by atoms with Crippen molar-refractivity contribution < 1.29 is 18.7 Å². The number of amides is 2. The highest BCUT2D eigenvalue weighted by Gasteiger charge is 2.42. The van der Waals surface area contributed by atoms with E-state index < -0.39 is 11.6 Å². The first-order valence-electron chi connectivity index (χ1n) is 13.3. The lowest BCUT2D eigenvalue weighted by atomic mass is 9.88. The van der Waals surface area contributed by atoms with Gasteiger partial charge in [-0.15, -0.1) is 0 Å². The third-order valence-electron chi connectivity index (χ3n) is 7.00. The van der Waals surface area contributed by atoms with Gasteiger partial charge in [-0.3, -0.25) is 4.79 Å². The number of carbonyl (C=O) groups excluding carboxylic acids is 2. The molecular formula is C32H34N4O4. The van der Waals surface area contributed by atoms with Gasteiger partial charge in [0.2, 0.25) is 5.91 Å². The van der Waals surface area contributed by atoms with Crippen molar-refractivity contribution in [3.05, 3.63) is 108 Å². The fourth-order valence-electron chi connectivity index (χ4n) is 5.13. The van der Waals surface area contributed by atoms with E-state index in [2.05, 4.69) is 15.6 Å². The maximum absolute atomic E-state index is 14.1. The highest BCUT2D eigenvalue weighted by molar-refractivity contribution is 5.92. The second-order valence-electron chi connectivity index (χ2n) is 10.4. The number of aromatic amines is 1. The number of hydrogen-bond donors (Lipinski definition) is 3. The van der Waals surface area contributed by atoms with Gasteiger partial charge in [-0.1, -0.05) is 66.7 Å². The molecule has 2 aromatic heterocycles. The van der Waals surface area contributed by atoms with Crippen molar-refractivity contribution in [3.8, 4) is 0 Å². The predicted octanol–water partition coefficient (Wildman–Crippen LogP) is 5.56. The van der Waals surface area contributed by atoms with Crippen molar-refractivity contribution in [1.29, 1.82) is 0 Å². The van der Waals surface area contributed by atoms with Gasteiger partial charge in [-0.05, 0) is 50.3 Å². The number of para-hydroxylation sites is 2. The summed E-state index contributed by atoms with van der Waals surface area (Å²) in [7, 11) is 3.75. The molecule has 2 heterocycles. The quantitative estimate of drug-likeness (QED) is 0.216. The standard InChI is InChI=1S/C32H34N4O4/c1-22(23-11-5-4-6-12-23)34-30(37)32(21-36(2)3,18-25-19-33-28-15-9-8-14-27(25)28)35-31(38)39-20-26-17-24-13-7-10-16-29(24)40-26/h4-17,19,22,33H,18,20-21H2,1-3H3,(H,34,37)(H,35,38)/t22-,32+/m0/s1. The Balaban J connectivity index is 1.43. The maximum Gasteiger partial charge on any atom is 0.408 e. The van der Waals surface area contributed by atoms with Crippen LogP contribution in [0.1, 0.15) is 29.9 Å². The average Bonchev–Trinajstić information content (AvgIpc) is 3.55. The number of benzene rings is 3. The smallest absolute Gasteiger partial charge is 0.408 e. The minimum Gasteiger partial charge on any atom is -0.457 e. The number of H-pyrrole nitrogens is 1. The summed E-state index contributed by atoms with van der Waals surface area (Å²) in [5, 5.41) is 8.01. The van der Waals surface area contributed by atoms with E-state index in [-0.39, 0.29) is 31.5 Å². The molecule has 5 aromatic rings. The molecule has 2 amide bonds. The molecular weight excluding hydrogens is 504 g/mol. The molecule has 0 radical (unpaired) electrons. The van der Waals surface area contributed by atoms with Crippen molar-refractivity contribution in [2.75, 3.05) is 20.6 Å². The van der Waals surface area contributed by atoms with Crippen LogP contribution in [-0.4, -0.2) is 48.1 Å². The van der Waals surface area contributed by atoms with Crippen LogP contribution in [0.3, 0.4) is 0 Å². The molecule has 8 nitrogen and oxygen atoms in total. The number of nitrogens with zero attached hydrogens (tertiary/aromatic N) is 1. The van der Waals surface area contributed by atoms with E-state index in [4.69, 9.17) is 9.15 Å². The summed E-state index contributed by atoms with van der Waals surface area (Å²) in [6.07, 6.45) is 1.44. The van der Waals surface area contributed by atoms with E-state index in [9.17, 15) is 9.59 Å². The van der Waals surface area contributed by atoms with Gasteiger partial charge in [-0.25, -0.2) is 4.79 Å². The van der Waals surface area contributed by atoms with Crippen LogP contribution < -0.4 is 10.6 Å². The average molecular weight is 539 g/mol. The lowest BCUT2D eigenvalue weighted by Crippen LogP contribution is -2.65. The Kier molecular flexibility index (Phi) is 7.89. The normalized spacial score (nSPS) is 13.7. The van der Waals surface area contributed by atoms with Gasteiger partial charge in [0.15, 0.2) is 6.61 Å². The Labute approximate surface area is 233 Å². The zero-order valence-corrected chi connectivity index (χ0v) is 22.9. The topological polar surface area (TPSA) is 99.6 Å². The number of hydrogen-bond acceptors (Lipinski definition) is 5. The summed E-state index contributed by atoms with van der Waals surface area (Å²) in [4.78, 5) is 32.6. The lowest BCUT2D eigenvalue weighted by Gasteiger charge is -2.36. The molecule has 0 aliphatic carbocycles. The molecule has 0 bridgehead atoms. The Hall–Kier alpha value is -4.56. The van der Waals surface area contributed by atoms with Gasteiger partial charge in [-0.2, -0.15) is 0 Å². The first-order chi connectivity index (χ1) is 19.3. The van der Waals surface area contributed by atoms with Gasteiger partial charge >= 0.3 is 6.09 Å². The first kappa shape index (κ1) is 27.0. The van der Waals surface area contributed by atoms with Crippen LogP contribution in [0.5, 0.6) is 0 Å². The van der Waals surface area contributed by atoms with E-state index in [1.54, 1.807) is 0 Å². The van der Waals surface area contributed by atoms with Crippen LogP contribution in [0.2, 0.25) is 0 Å². The van der Waals surface area contributed by atoms with Crippen LogP contribution in [0.25, 0.3) is 21.9 Å². The molecule has 0 unspecified atom stereocenters. The number of likely N-dealkylation sites (N-methyl/N-ethyl adjacent to an activating group) is 1. The minimum atomic E-state index is -1.33. The molecule has 0 spiro atoms. The highest BCUT2D eigenvalue weighted by atomic mass is 16.6. The van der Waals surface area contributed by atoms with E-state index in [0.717, 1.165) is 33.0 Å². The van der Waals surface area contributed by atoms with Crippen LogP contribution in [-0.2, 0) is 22.6 Å². The van der Waals surface area contributed by atoms with Crippen molar-refractivity contribution in [2.45, 2.75) is 31.5 Å². The van der Waals surface area contributed by atoms with Crippen molar-refractivity contribution >= 4 is 33.9 Å². The van der Waals surface area contributed by atoms with Gasteiger partial charge in [0.1, 0.15) is 16.9 Å². The van der Waals surface area contributed by atoms with E-state index >= 15 is 0 Å². The summed E-state index contributed by atoms with van der Waals surface area (Å²) in [6.45, 7) is 2.12. The third kappa shape index (κ3) is 6.02. The van der Waals surface area contributed by atoms with Crippen LogP contribution >= 0.6 is 0 Å². The number of furan rings is 1. The Bertz CT molecular complexity index is 1570. The van der Waals surface area contributed by atoms with Crippen molar-refractivity contribution in [2.24, 2.45) is 0 Å². The van der Waals surface area contributed by atoms with Gasteiger partial charge in [0, 0.05) is 35.5 Å².